The number of aldehydes is 1. The number of primary amides is 1. The van der Waals surface area contributed by atoms with Gasteiger partial charge in [-0.1, -0.05) is 19.1 Å². The van der Waals surface area contributed by atoms with Crippen LogP contribution >= 0.6 is 0 Å². The maximum absolute atomic E-state index is 12.3. The Morgan fingerprint density at radius 1 is 1.48 bits per heavy atom. The highest BCUT2D eigenvalue weighted by molar-refractivity contribution is 6.02. The zero-order valence-electron chi connectivity index (χ0n) is 11.8. The van der Waals surface area contributed by atoms with Gasteiger partial charge in [-0.15, -0.1) is 0 Å². The minimum absolute atomic E-state index is 0.124. The average Bonchev–Trinajstić information content (AvgIpc) is 2.49. The molecule has 0 saturated heterocycles. The SMILES string of the molecule is CCc1cccc(N=N)c1C(=O)NC(CCC=O)C(N)=O. The van der Waals surface area contributed by atoms with Gasteiger partial charge in [-0.25, -0.2) is 5.53 Å². The summed E-state index contributed by atoms with van der Waals surface area (Å²) in [6.07, 6.45) is 1.51. The molecule has 112 valence electrons. The summed E-state index contributed by atoms with van der Waals surface area (Å²) in [4.78, 5) is 34.0. The third-order valence-corrected chi connectivity index (χ3v) is 3.08. The molecule has 7 heteroatoms. The Balaban J connectivity index is 3.04. The molecule has 4 N–H and O–H groups in total. The zero-order chi connectivity index (χ0) is 15.8. The molecule has 0 fully saturated rings. The lowest BCUT2D eigenvalue weighted by atomic mass is 10.0. The van der Waals surface area contributed by atoms with Crippen LogP contribution in [0.4, 0.5) is 5.69 Å². The zero-order valence-corrected chi connectivity index (χ0v) is 11.8. The second kappa shape index (κ2) is 7.88. The van der Waals surface area contributed by atoms with E-state index in [1.165, 1.54) is 0 Å². The molecule has 0 aliphatic heterocycles. The van der Waals surface area contributed by atoms with Gasteiger partial charge in [0, 0.05) is 6.42 Å². The van der Waals surface area contributed by atoms with E-state index in [1.54, 1.807) is 18.2 Å². The van der Waals surface area contributed by atoms with Gasteiger partial charge in [0.1, 0.15) is 12.3 Å². The fourth-order valence-corrected chi connectivity index (χ4v) is 1.99. The van der Waals surface area contributed by atoms with E-state index >= 15 is 0 Å². The van der Waals surface area contributed by atoms with E-state index in [9.17, 15) is 14.4 Å². The highest BCUT2D eigenvalue weighted by atomic mass is 16.2. The maximum Gasteiger partial charge on any atom is 0.254 e. The van der Waals surface area contributed by atoms with Gasteiger partial charge in [0.05, 0.1) is 11.3 Å². The van der Waals surface area contributed by atoms with Crippen LogP contribution in [0.25, 0.3) is 0 Å². The number of benzene rings is 1. The van der Waals surface area contributed by atoms with Crippen LogP contribution in [0.5, 0.6) is 0 Å². The summed E-state index contributed by atoms with van der Waals surface area (Å²) in [6, 6.07) is 4.09. The highest BCUT2D eigenvalue weighted by Crippen LogP contribution is 2.23. The molecule has 0 aliphatic rings. The van der Waals surface area contributed by atoms with Crippen LogP contribution < -0.4 is 11.1 Å². The molecule has 0 aromatic heterocycles. The van der Waals surface area contributed by atoms with Gasteiger partial charge in [0.25, 0.3) is 5.91 Å². The van der Waals surface area contributed by atoms with Crippen molar-refractivity contribution in [3.05, 3.63) is 29.3 Å². The van der Waals surface area contributed by atoms with E-state index in [4.69, 9.17) is 11.3 Å². The molecule has 21 heavy (non-hydrogen) atoms. The Morgan fingerprint density at radius 3 is 2.71 bits per heavy atom. The third kappa shape index (κ3) is 4.20. The standard InChI is InChI=1S/C14H18N4O3/c1-2-9-5-3-6-10(18-16)12(9)14(21)17-11(13(15)20)7-4-8-19/h3,5-6,8,11,16H,2,4,7H2,1H3,(H2,15,20)(H,17,21). The van der Waals surface area contributed by atoms with E-state index < -0.39 is 17.9 Å². The number of carbonyl (C=O) groups is 3. The summed E-state index contributed by atoms with van der Waals surface area (Å²) in [5.41, 5.74) is 13.6. The predicted molar refractivity (Wildman–Crippen MR) is 76.4 cm³/mol. The number of aryl methyl sites for hydroxylation is 1. The Morgan fingerprint density at radius 2 is 2.19 bits per heavy atom. The van der Waals surface area contributed by atoms with E-state index in [2.05, 4.69) is 10.4 Å². The Labute approximate surface area is 122 Å². The fourth-order valence-electron chi connectivity index (χ4n) is 1.99. The number of amides is 2. The monoisotopic (exact) mass is 290 g/mol. The van der Waals surface area contributed by atoms with Crippen LogP contribution in [0.1, 0.15) is 35.7 Å². The van der Waals surface area contributed by atoms with E-state index in [0.29, 0.717) is 12.7 Å². The molecule has 1 aromatic carbocycles. The first kappa shape index (κ1) is 16.5. The number of hydrogen-bond acceptors (Lipinski definition) is 5. The van der Waals surface area contributed by atoms with Crippen molar-refractivity contribution >= 4 is 23.8 Å². The van der Waals surface area contributed by atoms with E-state index in [0.717, 1.165) is 5.56 Å². The van der Waals surface area contributed by atoms with Crippen molar-refractivity contribution in [3.8, 4) is 0 Å². The maximum atomic E-state index is 12.3. The fraction of sp³-hybridized carbons (Fsp3) is 0.357. The quantitative estimate of drug-likeness (QED) is 0.495. The van der Waals surface area contributed by atoms with Crippen molar-refractivity contribution in [2.75, 3.05) is 0 Å². The van der Waals surface area contributed by atoms with Crippen LogP contribution in [0.3, 0.4) is 0 Å². The molecule has 1 rings (SSSR count). The van der Waals surface area contributed by atoms with Gasteiger partial charge in [-0.2, -0.15) is 5.11 Å². The van der Waals surface area contributed by atoms with Gasteiger partial charge < -0.3 is 15.8 Å². The summed E-state index contributed by atoms with van der Waals surface area (Å²) in [5.74, 6) is -1.23. The summed E-state index contributed by atoms with van der Waals surface area (Å²) < 4.78 is 0. The van der Waals surface area contributed by atoms with E-state index in [1.807, 2.05) is 6.92 Å². The predicted octanol–water partition coefficient (Wildman–Crippen LogP) is 1.47. The first-order valence-corrected chi connectivity index (χ1v) is 6.58. The summed E-state index contributed by atoms with van der Waals surface area (Å²) in [7, 11) is 0. The summed E-state index contributed by atoms with van der Waals surface area (Å²) >= 11 is 0. The highest BCUT2D eigenvalue weighted by Gasteiger charge is 2.22. The molecule has 1 unspecified atom stereocenters. The minimum Gasteiger partial charge on any atom is -0.368 e. The van der Waals surface area contributed by atoms with Gasteiger partial charge in [0.15, 0.2) is 0 Å². The van der Waals surface area contributed by atoms with Crippen molar-refractivity contribution < 1.29 is 14.4 Å². The van der Waals surface area contributed by atoms with Crippen LogP contribution in [0, 0.1) is 5.53 Å². The second-order valence-electron chi connectivity index (χ2n) is 4.45. The topological polar surface area (TPSA) is 125 Å². The number of nitrogens with zero attached hydrogens (tertiary/aromatic N) is 1. The van der Waals surface area contributed by atoms with Crippen molar-refractivity contribution in [1.29, 1.82) is 5.53 Å². The number of rotatable bonds is 8. The van der Waals surface area contributed by atoms with E-state index in [-0.39, 0.29) is 24.1 Å². The molecule has 0 aliphatic carbocycles. The number of nitrogens with two attached hydrogens (primary N) is 1. The average molecular weight is 290 g/mol. The van der Waals surface area contributed by atoms with Gasteiger partial charge in [-0.05, 0) is 24.5 Å². The lowest BCUT2D eigenvalue weighted by Gasteiger charge is -2.16. The molecule has 0 radical (unpaired) electrons. The molecular formula is C14H18N4O3. The first-order valence-electron chi connectivity index (χ1n) is 6.58. The molecule has 0 bridgehead atoms. The Kier molecular flexibility index (Phi) is 6.19. The molecule has 0 heterocycles. The molecular weight excluding hydrogens is 272 g/mol. The number of hydrogen-bond donors (Lipinski definition) is 3. The minimum atomic E-state index is -0.925. The normalized spacial score (nSPS) is 11.5. The molecule has 0 saturated carbocycles. The largest absolute Gasteiger partial charge is 0.368 e. The Bertz CT molecular complexity index is 557. The van der Waals surface area contributed by atoms with Crippen LogP contribution in [-0.2, 0) is 16.0 Å². The number of carbonyl (C=O) groups excluding carboxylic acids is 3. The first-order chi connectivity index (χ1) is 10.0. The van der Waals surface area contributed by atoms with Crippen LogP contribution in [0.2, 0.25) is 0 Å². The molecule has 2 amide bonds. The van der Waals surface area contributed by atoms with Crippen LogP contribution in [0.15, 0.2) is 23.3 Å². The second-order valence-corrected chi connectivity index (χ2v) is 4.45. The Hall–Kier alpha value is -2.57. The van der Waals surface area contributed by atoms with Crippen molar-refractivity contribution in [3.63, 3.8) is 0 Å². The lowest BCUT2D eigenvalue weighted by Crippen LogP contribution is -2.44. The third-order valence-electron chi connectivity index (χ3n) is 3.08. The lowest BCUT2D eigenvalue weighted by molar-refractivity contribution is -0.120. The van der Waals surface area contributed by atoms with Gasteiger partial charge in [0.2, 0.25) is 5.91 Å². The van der Waals surface area contributed by atoms with Crippen LogP contribution in [-0.4, -0.2) is 24.1 Å². The van der Waals surface area contributed by atoms with Gasteiger partial charge >= 0.3 is 0 Å². The molecule has 7 nitrogen and oxygen atoms in total. The molecule has 0 spiro atoms. The van der Waals surface area contributed by atoms with Crippen molar-refractivity contribution in [2.24, 2.45) is 10.8 Å². The van der Waals surface area contributed by atoms with Gasteiger partial charge in [-0.3, -0.25) is 9.59 Å². The number of nitrogens with one attached hydrogen (secondary N) is 2. The summed E-state index contributed by atoms with van der Waals surface area (Å²) in [6.45, 7) is 1.87. The summed E-state index contributed by atoms with van der Waals surface area (Å²) in [5, 5.41) is 5.83. The molecule has 1 aromatic rings. The smallest absolute Gasteiger partial charge is 0.254 e. The van der Waals surface area contributed by atoms with Crippen molar-refractivity contribution in [1.82, 2.24) is 5.32 Å². The molecule has 1 atom stereocenters. The van der Waals surface area contributed by atoms with Crippen molar-refractivity contribution in [2.45, 2.75) is 32.2 Å².